The molecular formula is C19H24FNO3. The van der Waals surface area contributed by atoms with Gasteiger partial charge in [0, 0.05) is 13.1 Å². The first kappa shape index (κ1) is 18.2. The minimum atomic E-state index is -0.697. The van der Waals surface area contributed by atoms with E-state index in [1.165, 1.54) is 6.07 Å². The van der Waals surface area contributed by atoms with Gasteiger partial charge < -0.3 is 14.6 Å². The van der Waals surface area contributed by atoms with Gasteiger partial charge in [-0.05, 0) is 43.8 Å². The second-order valence-corrected chi connectivity index (χ2v) is 5.67. The van der Waals surface area contributed by atoms with Crippen molar-refractivity contribution in [2.75, 3.05) is 26.8 Å². The van der Waals surface area contributed by atoms with Gasteiger partial charge in [-0.1, -0.05) is 24.3 Å². The highest BCUT2D eigenvalue weighted by Gasteiger charge is 2.11. The van der Waals surface area contributed by atoms with E-state index in [2.05, 4.69) is 0 Å². The van der Waals surface area contributed by atoms with E-state index in [9.17, 15) is 9.50 Å². The number of halogens is 1. The molecule has 2 rings (SSSR count). The predicted molar refractivity (Wildman–Crippen MR) is 91.8 cm³/mol. The maximum atomic E-state index is 13.5. The van der Waals surface area contributed by atoms with Crippen molar-refractivity contribution in [2.45, 2.75) is 19.6 Å². The highest BCUT2D eigenvalue weighted by molar-refractivity contribution is 5.27. The molecule has 1 unspecified atom stereocenters. The third-order valence-electron chi connectivity index (χ3n) is 3.48. The number of hydrogen-bond donors (Lipinski definition) is 1. The summed E-state index contributed by atoms with van der Waals surface area (Å²) in [5.41, 5.74) is 1.13. The molecule has 0 bridgehead atoms. The van der Waals surface area contributed by atoms with Gasteiger partial charge in [-0.25, -0.2) is 4.39 Å². The molecule has 0 saturated carbocycles. The van der Waals surface area contributed by atoms with Crippen molar-refractivity contribution >= 4 is 0 Å². The largest absolute Gasteiger partial charge is 0.494 e. The standard InChI is InChI=1S/C19H24FNO3/c1-3-23-17-10-8-15(9-11-17)12-21(2)13-16(22)14-24-19-7-5-4-6-18(19)20/h4-11,16,22H,3,12-14H2,1-2H3. The van der Waals surface area contributed by atoms with Crippen LogP contribution in [0.3, 0.4) is 0 Å². The number of ether oxygens (including phenoxy) is 2. The van der Waals surface area contributed by atoms with Crippen LogP contribution in [0.1, 0.15) is 12.5 Å². The Balaban J connectivity index is 1.76. The molecule has 2 aromatic rings. The second-order valence-electron chi connectivity index (χ2n) is 5.67. The molecule has 0 aliphatic carbocycles. The molecule has 0 amide bonds. The summed E-state index contributed by atoms with van der Waals surface area (Å²) in [5.74, 6) is 0.584. The topological polar surface area (TPSA) is 41.9 Å². The molecule has 0 aliphatic rings. The van der Waals surface area contributed by atoms with Gasteiger partial charge in [0.05, 0.1) is 6.61 Å². The Morgan fingerprint density at radius 1 is 1.08 bits per heavy atom. The van der Waals surface area contributed by atoms with E-state index in [1.54, 1.807) is 18.2 Å². The van der Waals surface area contributed by atoms with Gasteiger partial charge in [-0.15, -0.1) is 0 Å². The fourth-order valence-corrected chi connectivity index (χ4v) is 2.39. The highest BCUT2D eigenvalue weighted by Crippen LogP contribution is 2.16. The molecule has 1 N–H and O–H groups in total. The maximum Gasteiger partial charge on any atom is 0.165 e. The van der Waals surface area contributed by atoms with E-state index in [-0.39, 0.29) is 12.4 Å². The third kappa shape index (κ3) is 5.83. The number of para-hydroxylation sites is 1. The maximum absolute atomic E-state index is 13.5. The van der Waals surface area contributed by atoms with Crippen LogP contribution < -0.4 is 9.47 Å². The van der Waals surface area contributed by atoms with Gasteiger partial charge in [0.2, 0.25) is 0 Å². The molecule has 130 valence electrons. The minimum absolute atomic E-state index is 0.0501. The van der Waals surface area contributed by atoms with Gasteiger partial charge in [0.1, 0.15) is 18.5 Å². The van der Waals surface area contributed by atoms with Gasteiger partial charge in [-0.2, -0.15) is 0 Å². The first-order valence-electron chi connectivity index (χ1n) is 8.04. The molecule has 0 spiro atoms. The van der Waals surface area contributed by atoms with Crippen LogP contribution in [0.2, 0.25) is 0 Å². The lowest BCUT2D eigenvalue weighted by Gasteiger charge is -2.21. The van der Waals surface area contributed by atoms with Gasteiger partial charge in [0.15, 0.2) is 11.6 Å². The van der Waals surface area contributed by atoms with Crippen LogP contribution in [-0.2, 0) is 6.54 Å². The summed E-state index contributed by atoms with van der Waals surface area (Å²) >= 11 is 0. The third-order valence-corrected chi connectivity index (χ3v) is 3.48. The van der Waals surface area contributed by atoms with E-state index in [1.807, 2.05) is 43.1 Å². The van der Waals surface area contributed by atoms with Crippen LogP contribution in [0.15, 0.2) is 48.5 Å². The monoisotopic (exact) mass is 333 g/mol. The molecule has 24 heavy (non-hydrogen) atoms. The van der Waals surface area contributed by atoms with Gasteiger partial charge >= 0.3 is 0 Å². The van der Waals surface area contributed by atoms with Crippen molar-refractivity contribution in [1.82, 2.24) is 4.90 Å². The lowest BCUT2D eigenvalue weighted by Crippen LogP contribution is -2.32. The van der Waals surface area contributed by atoms with E-state index in [4.69, 9.17) is 9.47 Å². The predicted octanol–water partition coefficient (Wildman–Crippen LogP) is 3.10. The van der Waals surface area contributed by atoms with Crippen molar-refractivity contribution in [3.05, 3.63) is 59.9 Å². The molecule has 5 heteroatoms. The minimum Gasteiger partial charge on any atom is -0.494 e. The lowest BCUT2D eigenvalue weighted by atomic mass is 10.2. The van der Waals surface area contributed by atoms with Crippen LogP contribution in [0.4, 0.5) is 4.39 Å². The first-order chi connectivity index (χ1) is 11.6. The summed E-state index contributed by atoms with van der Waals surface area (Å²) in [7, 11) is 1.92. The number of rotatable bonds is 9. The average molecular weight is 333 g/mol. The fourth-order valence-electron chi connectivity index (χ4n) is 2.39. The van der Waals surface area contributed by atoms with Crippen LogP contribution in [0.25, 0.3) is 0 Å². The Hall–Kier alpha value is -2.11. The first-order valence-corrected chi connectivity index (χ1v) is 8.04. The number of nitrogens with zero attached hydrogens (tertiary/aromatic N) is 1. The van der Waals surface area contributed by atoms with E-state index >= 15 is 0 Å². The normalized spacial score (nSPS) is 12.2. The highest BCUT2D eigenvalue weighted by atomic mass is 19.1. The van der Waals surface area contributed by atoms with Crippen molar-refractivity contribution in [2.24, 2.45) is 0 Å². The van der Waals surface area contributed by atoms with Gasteiger partial charge in [0.25, 0.3) is 0 Å². The van der Waals surface area contributed by atoms with Crippen LogP contribution in [-0.4, -0.2) is 42.9 Å². The zero-order valence-electron chi connectivity index (χ0n) is 14.1. The summed E-state index contributed by atoms with van der Waals surface area (Å²) in [6.07, 6.45) is -0.697. The lowest BCUT2D eigenvalue weighted by molar-refractivity contribution is 0.0728. The number of likely N-dealkylation sites (N-methyl/N-ethyl adjacent to an activating group) is 1. The second kappa shape index (κ2) is 9.25. The molecule has 4 nitrogen and oxygen atoms in total. The average Bonchev–Trinajstić information content (AvgIpc) is 2.56. The number of benzene rings is 2. The number of hydrogen-bond acceptors (Lipinski definition) is 4. The summed E-state index contributed by atoms with van der Waals surface area (Å²) < 4.78 is 24.2. The Labute approximate surface area is 142 Å². The molecule has 0 fully saturated rings. The summed E-state index contributed by atoms with van der Waals surface area (Å²) in [4.78, 5) is 1.99. The van der Waals surface area contributed by atoms with E-state index in [0.29, 0.717) is 19.7 Å². The molecule has 0 aliphatic heterocycles. The van der Waals surface area contributed by atoms with Crippen LogP contribution in [0.5, 0.6) is 11.5 Å². The fraction of sp³-hybridized carbons (Fsp3) is 0.368. The summed E-state index contributed by atoms with van der Waals surface area (Å²) in [6, 6.07) is 14.1. The number of aliphatic hydroxyl groups is 1. The van der Waals surface area contributed by atoms with Gasteiger partial charge in [-0.3, -0.25) is 4.90 Å². The molecule has 0 saturated heterocycles. The smallest absolute Gasteiger partial charge is 0.165 e. The number of aliphatic hydroxyl groups excluding tert-OH is 1. The molecular weight excluding hydrogens is 309 g/mol. The zero-order chi connectivity index (χ0) is 17.4. The summed E-state index contributed by atoms with van der Waals surface area (Å²) in [6.45, 7) is 3.78. The Kier molecular flexibility index (Phi) is 7.03. The summed E-state index contributed by atoms with van der Waals surface area (Å²) in [5, 5.41) is 10.1. The van der Waals surface area contributed by atoms with Crippen molar-refractivity contribution in [1.29, 1.82) is 0 Å². The zero-order valence-corrected chi connectivity index (χ0v) is 14.1. The van der Waals surface area contributed by atoms with Crippen LogP contribution in [0, 0.1) is 5.82 Å². The van der Waals surface area contributed by atoms with Crippen molar-refractivity contribution in [3.8, 4) is 11.5 Å². The molecule has 0 aromatic heterocycles. The molecule has 0 heterocycles. The van der Waals surface area contributed by atoms with E-state index < -0.39 is 11.9 Å². The Bertz CT molecular complexity index is 618. The Morgan fingerprint density at radius 3 is 2.46 bits per heavy atom. The molecule has 0 radical (unpaired) electrons. The Morgan fingerprint density at radius 2 is 1.79 bits per heavy atom. The SMILES string of the molecule is CCOc1ccc(CN(C)CC(O)COc2ccccc2F)cc1. The van der Waals surface area contributed by atoms with Crippen LogP contribution >= 0.6 is 0 Å². The quantitative estimate of drug-likeness (QED) is 0.766. The van der Waals surface area contributed by atoms with Crippen molar-refractivity contribution < 1.29 is 19.0 Å². The molecule has 1 atom stereocenters. The van der Waals surface area contributed by atoms with Crippen molar-refractivity contribution in [3.63, 3.8) is 0 Å². The van der Waals surface area contributed by atoms with E-state index in [0.717, 1.165) is 11.3 Å². The molecule has 2 aromatic carbocycles.